The summed E-state index contributed by atoms with van der Waals surface area (Å²) in [5, 5.41) is 1.15. The summed E-state index contributed by atoms with van der Waals surface area (Å²) in [6.45, 7) is -2.89. The summed E-state index contributed by atoms with van der Waals surface area (Å²) in [4.78, 5) is 20.5. The Hall–Kier alpha value is -1.61. The van der Waals surface area contributed by atoms with Gasteiger partial charge in [0.15, 0.2) is 6.61 Å². The van der Waals surface area contributed by atoms with Gasteiger partial charge in [-0.2, -0.15) is 22.0 Å². The zero-order chi connectivity index (χ0) is 13.0. The Kier molecular flexibility index (Phi) is 4.45. The molecule has 0 aliphatic heterocycles. The first-order valence-corrected chi connectivity index (χ1v) is 3.70. The lowest BCUT2D eigenvalue weighted by Crippen LogP contribution is -2.47. The SMILES string of the molecule is NC(=O)COC(=O)NCC(F)(F)C(F)(F)F. The Bertz CT molecular complexity index is 278. The average molecular weight is 250 g/mol. The van der Waals surface area contributed by atoms with Gasteiger partial charge in [0.2, 0.25) is 0 Å². The van der Waals surface area contributed by atoms with Crippen LogP contribution < -0.4 is 11.1 Å². The first-order chi connectivity index (χ1) is 7.06. The molecule has 94 valence electrons. The lowest BCUT2D eigenvalue weighted by atomic mass is 10.3. The quantitative estimate of drug-likeness (QED) is 0.708. The highest BCUT2D eigenvalue weighted by Crippen LogP contribution is 2.34. The van der Waals surface area contributed by atoms with Gasteiger partial charge in [-0.05, 0) is 0 Å². The monoisotopic (exact) mass is 250 g/mol. The van der Waals surface area contributed by atoms with Crippen LogP contribution in [0.1, 0.15) is 0 Å². The molecule has 0 atom stereocenters. The van der Waals surface area contributed by atoms with Crippen molar-refractivity contribution in [3.63, 3.8) is 0 Å². The Morgan fingerprint density at radius 3 is 2.06 bits per heavy atom. The molecule has 0 saturated carbocycles. The largest absolute Gasteiger partial charge is 0.455 e. The van der Waals surface area contributed by atoms with Crippen molar-refractivity contribution in [1.82, 2.24) is 5.32 Å². The third kappa shape index (κ3) is 4.75. The van der Waals surface area contributed by atoms with E-state index < -0.39 is 37.3 Å². The Morgan fingerprint density at radius 1 is 1.19 bits per heavy atom. The van der Waals surface area contributed by atoms with Gasteiger partial charge in [0, 0.05) is 0 Å². The Labute approximate surface area is 85.7 Å². The summed E-state index contributed by atoms with van der Waals surface area (Å²) < 4.78 is 63.0. The number of hydrogen-bond acceptors (Lipinski definition) is 3. The van der Waals surface area contributed by atoms with Crippen molar-refractivity contribution in [2.45, 2.75) is 12.1 Å². The number of alkyl halides is 5. The fourth-order valence-electron chi connectivity index (χ4n) is 0.471. The standard InChI is InChI=1S/C6H7F5N2O3/c7-5(8,6(9,10)11)2-13-4(15)16-1-3(12)14/h1-2H2,(H2,12,14)(H,13,15). The number of hydrogen-bond donors (Lipinski definition) is 2. The third-order valence-electron chi connectivity index (χ3n) is 1.21. The van der Waals surface area contributed by atoms with E-state index in [9.17, 15) is 31.5 Å². The molecule has 5 nitrogen and oxygen atoms in total. The van der Waals surface area contributed by atoms with E-state index in [1.165, 1.54) is 0 Å². The minimum atomic E-state index is -5.77. The highest BCUT2D eigenvalue weighted by Gasteiger charge is 2.57. The van der Waals surface area contributed by atoms with Gasteiger partial charge in [-0.1, -0.05) is 0 Å². The van der Waals surface area contributed by atoms with Crippen LogP contribution in [0.4, 0.5) is 26.7 Å². The van der Waals surface area contributed by atoms with Crippen LogP contribution >= 0.6 is 0 Å². The van der Waals surface area contributed by atoms with Crippen molar-refractivity contribution in [2.75, 3.05) is 13.2 Å². The third-order valence-corrected chi connectivity index (χ3v) is 1.21. The minimum Gasteiger partial charge on any atom is -0.439 e. The van der Waals surface area contributed by atoms with Gasteiger partial charge in [0.05, 0.1) is 6.54 Å². The number of alkyl carbamates (subject to hydrolysis) is 1. The molecule has 0 bridgehead atoms. The molecule has 0 radical (unpaired) electrons. The molecule has 10 heteroatoms. The van der Waals surface area contributed by atoms with Crippen molar-refractivity contribution >= 4 is 12.0 Å². The van der Waals surface area contributed by atoms with E-state index in [1.54, 1.807) is 0 Å². The van der Waals surface area contributed by atoms with E-state index in [1.807, 2.05) is 0 Å². The number of nitrogens with one attached hydrogen (secondary N) is 1. The van der Waals surface area contributed by atoms with Crippen LogP contribution in [0.5, 0.6) is 0 Å². The van der Waals surface area contributed by atoms with Crippen molar-refractivity contribution in [1.29, 1.82) is 0 Å². The summed E-state index contributed by atoms with van der Waals surface area (Å²) in [5.74, 6) is -6.14. The molecule has 0 fully saturated rings. The molecule has 0 spiro atoms. The van der Waals surface area contributed by atoms with Crippen molar-refractivity contribution in [3.05, 3.63) is 0 Å². The van der Waals surface area contributed by atoms with E-state index in [0.717, 1.165) is 5.32 Å². The maximum atomic E-state index is 12.2. The van der Waals surface area contributed by atoms with Gasteiger partial charge in [-0.25, -0.2) is 4.79 Å². The van der Waals surface area contributed by atoms with Crippen molar-refractivity contribution in [3.8, 4) is 0 Å². The van der Waals surface area contributed by atoms with Gasteiger partial charge in [0.1, 0.15) is 0 Å². The normalized spacial score (nSPS) is 12.1. The topological polar surface area (TPSA) is 81.4 Å². The van der Waals surface area contributed by atoms with E-state index in [-0.39, 0.29) is 0 Å². The number of amides is 2. The number of nitrogens with two attached hydrogens (primary N) is 1. The second kappa shape index (κ2) is 4.94. The number of ether oxygens (including phenoxy) is 1. The minimum absolute atomic E-state index is 0.913. The van der Waals surface area contributed by atoms with E-state index >= 15 is 0 Å². The molecule has 3 N–H and O–H groups in total. The summed E-state index contributed by atoms with van der Waals surface area (Å²) in [7, 11) is 0. The highest BCUT2D eigenvalue weighted by molar-refractivity contribution is 5.78. The zero-order valence-corrected chi connectivity index (χ0v) is 7.61. The van der Waals surface area contributed by atoms with Crippen LogP contribution in [-0.4, -0.2) is 37.3 Å². The van der Waals surface area contributed by atoms with Crippen LogP contribution in [0.3, 0.4) is 0 Å². The Balaban J connectivity index is 4.06. The number of rotatable bonds is 4. The molecular weight excluding hydrogens is 243 g/mol. The molecule has 0 unspecified atom stereocenters. The predicted octanol–water partition coefficient (Wildman–Crippen LogP) is 0.396. The molecule has 0 heterocycles. The lowest BCUT2D eigenvalue weighted by Gasteiger charge is -2.19. The number of carbonyl (C=O) groups excluding carboxylic acids is 2. The zero-order valence-electron chi connectivity index (χ0n) is 7.61. The number of halogens is 5. The van der Waals surface area contributed by atoms with Crippen molar-refractivity contribution in [2.24, 2.45) is 5.73 Å². The van der Waals surface area contributed by atoms with Gasteiger partial charge in [-0.15, -0.1) is 0 Å². The molecule has 0 aromatic heterocycles. The molecule has 0 aliphatic carbocycles. The van der Waals surface area contributed by atoms with Crippen LogP contribution in [0.2, 0.25) is 0 Å². The maximum absolute atomic E-state index is 12.2. The molecule has 0 aromatic carbocycles. The fraction of sp³-hybridized carbons (Fsp3) is 0.667. The van der Waals surface area contributed by atoms with Gasteiger partial charge >= 0.3 is 18.2 Å². The molecule has 0 rings (SSSR count). The molecular formula is C6H7F5N2O3. The molecule has 2 amide bonds. The fourth-order valence-corrected chi connectivity index (χ4v) is 0.471. The van der Waals surface area contributed by atoms with Crippen LogP contribution in [0.15, 0.2) is 0 Å². The van der Waals surface area contributed by atoms with E-state index in [0.29, 0.717) is 0 Å². The van der Waals surface area contributed by atoms with Gasteiger partial charge in [-0.3, -0.25) is 4.79 Å². The highest BCUT2D eigenvalue weighted by atomic mass is 19.4. The first kappa shape index (κ1) is 14.4. The van der Waals surface area contributed by atoms with Crippen molar-refractivity contribution < 1.29 is 36.3 Å². The number of carbonyl (C=O) groups is 2. The molecule has 0 aromatic rings. The predicted molar refractivity (Wildman–Crippen MR) is 39.5 cm³/mol. The number of primary amides is 1. The lowest BCUT2D eigenvalue weighted by molar-refractivity contribution is -0.278. The van der Waals surface area contributed by atoms with Crippen LogP contribution in [0, 0.1) is 0 Å². The summed E-state index contributed by atoms with van der Waals surface area (Å²) >= 11 is 0. The second-order valence-electron chi connectivity index (χ2n) is 2.60. The van der Waals surface area contributed by atoms with Gasteiger partial charge < -0.3 is 15.8 Å². The molecule has 0 aliphatic rings. The summed E-state index contributed by atoms with van der Waals surface area (Å²) in [5.41, 5.74) is 4.52. The molecule has 0 saturated heterocycles. The maximum Gasteiger partial charge on any atom is 0.455 e. The van der Waals surface area contributed by atoms with Crippen LogP contribution in [0.25, 0.3) is 0 Å². The molecule has 16 heavy (non-hydrogen) atoms. The second-order valence-corrected chi connectivity index (χ2v) is 2.60. The Morgan fingerprint density at radius 2 is 1.69 bits per heavy atom. The van der Waals surface area contributed by atoms with E-state index in [4.69, 9.17) is 0 Å². The average Bonchev–Trinajstić information content (AvgIpc) is 2.09. The first-order valence-electron chi connectivity index (χ1n) is 3.70. The summed E-state index contributed by atoms with van der Waals surface area (Å²) in [6.07, 6.45) is -7.37. The van der Waals surface area contributed by atoms with E-state index in [2.05, 4.69) is 10.5 Å². The van der Waals surface area contributed by atoms with Crippen LogP contribution in [-0.2, 0) is 9.53 Å². The summed E-state index contributed by atoms with van der Waals surface area (Å²) in [6, 6.07) is 0. The smallest absolute Gasteiger partial charge is 0.439 e. The van der Waals surface area contributed by atoms with Gasteiger partial charge in [0.25, 0.3) is 5.91 Å².